The van der Waals surface area contributed by atoms with Crippen LogP contribution < -0.4 is 9.47 Å². The van der Waals surface area contributed by atoms with Crippen molar-refractivity contribution >= 4 is 5.97 Å². The van der Waals surface area contributed by atoms with Gasteiger partial charge in [-0.2, -0.15) is 27.2 Å². The van der Waals surface area contributed by atoms with Gasteiger partial charge < -0.3 is 14.2 Å². The first-order valence-corrected chi connectivity index (χ1v) is 11.1. The van der Waals surface area contributed by atoms with Gasteiger partial charge in [-0.1, -0.05) is 56.3 Å². The summed E-state index contributed by atoms with van der Waals surface area (Å²) in [5.74, 6) is -1.80. The number of nitriles is 1. The predicted octanol–water partition coefficient (Wildman–Crippen LogP) is 7.56. The molecule has 0 aliphatic carbocycles. The van der Waals surface area contributed by atoms with E-state index in [1.807, 2.05) is 12.1 Å². The Kier molecular flexibility index (Phi) is 8.38. The van der Waals surface area contributed by atoms with E-state index in [1.165, 1.54) is 12.1 Å². The maximum absolute atomic E-state index is 13.2. The summed E-state index contributed by atoms with van der Waals surface area (Å²) >= 11 is 0. The molecule has 0 bridgehead atoms. The molecular formula is C27H22F5NO4. The molecule has 2 unspecified atom stereocenters. The molecule has 3 aromatic carbocycles. The lowest BCUT2D eigenvalue weighted by atomic mass is 9.88. The molecule has 0 radical (unpaired) electrons. The zero-order valence-electron chi connectivity index (χ0n) is 19.7. The van der Waals surface area contributed by atoms with Crippen LogP contribution in [0.4, 0.5) is 22.0 Å². The molecule has 3 rings (SSSR count). The molecule has 5 nitrogen and oxygen atoms in total. The lowest BCUT2D eigenvalue weighted by molar-refractivity contribution is -0.360. The summed E-state index contributed by atoms with van der Waals surface area (Å²) in [4.78, 5) is 13.0. The molecule has 0 aliphatic heterocycles. The monoisotopic (exact) mass is 519 g/mol. The quantitative estimate of drug-likeness (QED) is 0.216. The molecule has 0 N–H and O–H groups in total. The number of halogens is 5. The van der Waals surface area contributed by atoms with Gasteiger partial charge in [-0.15, -0.1) is 0 Å². The third-order valence-electron chi connectivity index (χ3n) is 5.23. The Labute approximate surface area is 210 Å². The average molecular weight is 519 g/mol. The van der Waals surface area contributed by atoms with Crippen molar-refractivity contribution in [3.63, 3.8) is 0 Å². The highest BCUT2D eigenvalue weighted by Crippen LogP contribution is 2.38. The van der Waals surface area contributed by atoms with Crippen molar-refractivity contribution in [3.8, 4) is 23.3 Å². The number of ether oxygens (including phenoxy) is 3. The fraction of sp³-hybridized carbons (Fsp3) is 0.259. The second-order valence-corrected chi connectivity index (χ2v) is 8.34. The predicted molar refractivity (Wildman–Crippen MR) is 123 cm³/mol. The van der Waals surface area contributed by atoms with E-state index in [2.05, 4.69) is 4.74 Å². The average Bonchev–Trinajstić information content (AvgIpc) is 2.83. The Balaban J connectivity index is 1.76. The first-order chi connectivity index (χ1) is 17.4. The number of carbonyl (C=O) groups is 1. The van der Waals surface area contributed by atoms with E-state index in [-0.39, 0.29) is 5.92 Å². The van der Waals surface area contributed by atoms with Crippen molar-refractivity contribution in [2.24, 2.45) is 5.92 Å². The number of benzene rings is 3. The number of hydrogen-bond acceptors (Lipinski definition) is 5. The number of hydrogen-bond donors (Lipinski definition) is 0. The molecule has 10 heteroatoms. The first kappa shape index (κ1) is 27.5. The zero-order chi connectivity index (χ0) is 27.2. The summed E-state index contributed by atoms with van der Waals surface area (Å²) in [7, 11) is 0. The molecule has 2 atom stereocenters. The SMILES string of the molecule is CC(C)C(C(=O)OC(C#N)c1cccc(Oc2ccccc2)c1)c1ccc(OC(F)(F)C(F)(F)F)cc1. The standard InChI is InChI=1S/C27H22F5NO4/c1-17(2)24(18-11-13-21(14-12-18)37-27(31,32)26(28,29)30)25(34)36-23(16-33)19-7-6-10-22(15-19)35-20-8-4-3-5-9-20/h3-15,17,23-24H,1-2H3. The van der Waals surface area contributed by atoms with Gasteiger partial charge in [0.2, 0.25) is 6.10 Å². The highest BCUT2D eigenvalue weighted by atomic mass is 19.4. The topological polar surface area (TPSA) is 68.6 Å². The summed E-state index contributed by atoms with van der Waals surface area (Å²) in [6.07, 6.45) is -12.5. The van der Waals surface area contributed by atoms with Crippen molar-refractivity contribution in [2.45, 2.75) is 38.2 Å². The minimum atomic E-state index is -5.88. The van der Waals surface area contributed by atoms with Gasteiger partial charge in [0, 0.05) is 5.56 Å². The maximum Gasteiger partial charge on any atom is 0.499 e. The number of alkyl halides is 5. The smallest absolute Gasteiger partial charge is 0.457 e. The second-order valence-electron chi connectivity index (χ2n) is 8.34. The lowest BCUT2D eigenvalue weighted by Gasteiger charge is -2.23. The summed E-state index contributed by atoms with van der Waals surface area (Å²) in [5, 5.41) is 9.66. The van der Waals surface area contributed by atoms with Gasteiger partial charge in [-0.05, 0) is 47.9 Å². The number of para-hydroxylation sites is 1. The Bertz CT molecular complexity index is 1240. The molecule has 3 aromatic rings. The molecule has 0 amide bonds. The van der Waals surface area contributed by atoms with Crippen LogP contribution in [0.15, 0.2) is 78.9 Å². The second kappa shape index (κ2) is 11.3. The minimum absolute atomic E-state index is 0.292. The van der Waals surface area contributed by atoms with Crippen molar-refractivity contribution in [1.82, 2.24) is 0 Å². The molecule has 37 heavy (non-hydrogen) atoms. The number of esters is 1. The van der Waals surface area contributed by atoms with Gasteiger partial charge in [0.25, 0.3) is 0 Å². The fourth-order valence-corrected chi connectivity index (χ4v) is 3.47. The molecular weight excluding hydrogens is 497 g/mol. The van der Waals surface area contributed by atoms with E-state index in [0.29, 0.717) is 22.6 Å². The van der Waals surface area contributed by atoms with E-state index < -0.39 is 36.0 Å². The number of nitrogens with zero attached hydrogens (tertiary/aromatic N) is 1. The van der Waals surface area contributed by atoms with Gasteiger partial charge in [0.15, 0.2) is 0 Å². The van der Waals surface area contributed by atoms with Crippen LogP contribution in [0.2, 0.25) is 0 Å². The largest absolute Gasteiger partial charge is 0.499 e. The molecule has 0 saturated carbocycles. The summed E-state index contributed by atoms with van der Waals surface area (Å²) in [6.45, 7) is 3.40. The molecule has 0 aliphatic rings. The van der Waals surface area contributed by atoms with Crippen LogP contribution in [0.25, 0.3) is 0 Å². The van der Waals surface area contributed by atoms with E-state index in [9.17, 15) is 32.0 Å². The number of carbonyl (C=O) groups excluding carboxylic acids is 1. The summed E-state index contributed by atoms with van der Waals surface area (Å²) in [5.41, 5.74) is 0.658. The van der Waals surface area contributed by atoms with Crippen molar-refractivity contribution < 1.29 is 41.0 Å². The van der Waals surface area contributed by atoms with Crippen LogP contribution in [0.5, 0.6) is 17.2 Å². The highest BCUT2D eigenvalue weighted by Gasteiger charge is 2.61. The first-order valence-electron chi connectivity index (χ1n) is 11.1. The number of rotatable bonds is 9. The van der Waals surface area contributed by atoms with Gasteiger partial charge >= 0.3 is 18.3 Å². The highest BCUT2D eigenvalue weighted by molar-refractivity contribution is 5.79. The van der Waals surface area contributed by atoms with Crippen LogP contribution >= 0.6 is 0 Å². The molecule has 0 fully saturated rings. The van der Waals surface area contributed by atoms with Gasteiger partial charge in [-0.25, -0.2) is 0 Å². The Morgan fingerprint density at radius 2 is 1.43 bits per heavy atom. The molecule has 0 aromatic heterocycles. The van der Waals surface area contributed by atoms with Gasteiger partial charge in [-0.3, -0.25) is 4.79 Å². The van der Waals surface area contributed by atoms with Crippen molar-refractivity contribution in [1.29, 1.82) is 5.26 Å². The Morgan fingerprint density at radius 1 is 0.811 bits per heavy atom. The summed E-state index contributed by atoms with van der Waals surface area (Å²) < 4.78 is 78.5. The van der Waals surface area contributed by atoms with Gasteiger partial charge in [0.05, 0.1) is 5.92 Å². The van der Waals surface area contributed by atoms with Crippen LogP contribution in [0.1, 0.15) is 37.0 Å². The van der Waals surface area contributed by atoms with Crippen molar-refractivity contribution in [3.05, 3.63) is 90.0 Å². The van der Waals surface area contributed by atoms with Crippen LogP contribution in [-0.4, -0.2) is 18.3 Å². The van der Waals surface area contributed by atoms with Gasteiger partial charge in [0.1, 0.15) is 23.3 Å². The fourth-order valence-electron chi connectivity index (χ4n) is 3.47. The molecule has 194 valence electrons. The Morgan fingerprint density at radius 3 is 2.00 bits per heavy atom. The zero-order valence-corrected chi connectivity index (χ0v) is 19.7. The van der Waals surface area contributed by atoms with E-state index in [0.717, 1.165) is 12.1 Å². The third kappa shape index (κ3) is 6.97. The molecule has 0 saturated heterocycles. The third-order valence-corrected chi connectivity index (χ3v) is 5.23. The maximum atomic E-state index is 13.2. The van der Waals surface area contributed by atoms with E-state index in [4.69, 9.17) is 9.47 Å². The van der Waals surface area contributed by atoms with E-state index >= 15 is 0 Å². The minimum Gasteiger partial charge on any atom is -0.457 e. The lowest BCUT2D eigenvalue weighted by Crippen LogP contribution is -2.41. The molecule has 0 spiro atoms. The van der Waals surface area contributed by atoms with Crippen LogP contribution in [-0.2, 0) is 9.53 Å². The normalized spacial score (nSPS) is 13.4. The van der Waals surface area contributed by atoms with Crippen molar-refractivity contribution in [2.75, 3.05) is 0 Å². The molecule has 0 heterocycles. The Hall–Kier alpha value is -4.13. The van der Waals surface area contributed by atoms with Crippen LogP contribution in [0, 0.1) is 17.2 Å². The van der Waals surface area contributed by atoms with E-state index in [1.54, 1.807) is 62.4 Å². The summed E-state index contributed by atoms with van der Waals surface area (Å²) in [6, 6.07) is 21.5. The van der Waals surface area contributed by atoms with Crippen LogP contribution in [0.3, 0.4) is 0 Å².